The molecule has 0 aliphatic rings. The molecular weight excluding hydrogens is 404 g/mol. The van der Waals surface area contributed by atoms with Gasteiger partial charge in [0.25, 0.3) is 0 Å². The zero-order valence-electron chi connectivity index (χ0n) is 17.4. The number of likely N-dealkylation sites (N-methyl/N-ethyl adjacent to an activating group) is 1. The Hall–Kier alpha value is -2.90. The molecule has 0 saturated carbocycles. The molecule has 8 heteroatoms. The van der Waals surface area contributed by atoms with Gasteiger partial charge in [-0.15, -0.1) is 0 Å². The normalized spacial score (nSPS) is 11.6. The third-order valence-corrected chi connectivity index (χ3v) is 4.76. The molecule has 2 rings (SSSR count). The van der Waals surface area contributed by atoms with E-state index in [0.29, 0.717) is 22.9 Å². The standard InChI is InChI=1S/C22H27ClN4O3/c1-4-27(13-21(29)24-15(2)19-7-5-6-8-20(19)23)14-22(30)26-18-11-9-17(10-12-18)25-16(3)28/h5-12,15H,4,13-14H2,1-3H3,(H,24,29)(H,25,28)(H,26,30). The second-order valence-corrected chi connectivity index (χ2v) is 7.33. The van der Waals surface area contributed by atoms with Crippen LogP contribution in [0.2, 0.25) is 5.02 Å². The highest BCUT2D eigenvalue weighted by molar-refractivity contribution is 6.31. The van der Waals surface area contributed by atoms with Gasteiger partial charge in [0.1, 0.15) is 0 Å². The van der Waals surface area contributed by atoms with Crippen LogP contribution in [-0.2, 0) is 14.4 Å². The van der Waals surface area contributed by atoms with E-state index in [9.17, 15) is 14.4 Å². The average Bonchev–Trinajstić information content (AvgIpc) is 2.68. The molecule has 0 fully saturated rings. The predicted octanol–water partition coefficient (Wildman–Crippen LogP) is 3.44. The first-order valence-corrected chi connectivity index (χ1v) is 10.1. The van der Waals surface area contributed by atoms with Crippen molar-refractivity contribution in [1.82, 2.24) is 10.2 Å². The van der Waals surface area contributed by atoms with Gasteiger partial charge in [-0.1, -0.05) is 36.7 Å². The van der Waals surface area contributed by atoms with Gasteiger partial charge in [0.15, 0.2) is 0 Å². The van der Waals surface area contributed by atoms with Gasteiger partial charge >= 0.3 is 0 Å². The predicted molar refractivity (Wildman–Crippen MR) is 119 cm³/mol. The van der Waals surface area contributed by atoms with Crippen LogP contribution in [0.25, 0.3) is 0 Å². The summed E-state index contributed by atoms with van der Waals surface area (Å²) in [5, 5.41) is 8.97. The maximum atomic E-state index is 12.4. The number of hydrogen-bond acceptors (Lipinski definition) is 4. The summed E-state index contributed by atoms with van der Waals surface area (Å²) in [6.07, 6.45) is 0. The van der Waals surface area contributed by atoms with Crippen molar-refractivity contribution in [3.63, 3.8) is 0 Å². The summed E-state index contributed by atoms with van der Waals surface area (Å²) in [5.74, 6) is -0.569. The van der Waals surface area contributed by atoms with Gasteiger partial charge < -0.3 is 16.0 Å². The fraction of sp³-hybridized carbons (Fsp3) is 0.318. The zero-order chi connectivity index (χ0) is 22.1. The lowest BCUT2D eigenvalue weighted by Gasteiger charge is -2.21. The van der Waals surface area contributed by atoms with Crippen molar-refractivity contribution in [1.29, 1.82) is 0 Å². The van der Waals surface area contributed by atoms with Crippen LogP contribution in [0.3, 0.4) is 0 Å². The topological polar surface area (TPSA) is 90.5 Å². The largest absolute Gasteiger partial charge is 0.348 e. The summed E-state index contributed by atoms with van der Waals surface area (Å²) < 4.78 is 0. The molecule has 1 atom stereocenters. The molecular formula is C22H27ClN4O3. The molecule has 0 bridgehead atoms. The molecule has 2 aromatic rings. The number of hydrogen-bond donors (Lipinski definition) is 3. The number of carbonyl (C=O) groups excluding carboxylic acids is 3. The number of carbonyl (C=O) groups is 3. The number of nitrogens with one attached hydrogen (secondary N) is 3. The Balaban J connectivity index is 1.85. The average molecular weight is 431 g/mol. The minimum absolute atomic E-state index is 0.0812. The number of benzene rings is 2. The van der Waals surface area contributed by atoms with Gasteiger partial charge in [-0.2, -0.15) is 0 Å². The van der Waals surface area contributed by atoms with E-state index in [1.807, 2.05) is 32.0 Å². The molecule has 0 heterocycles. The fourth-order valence-electron chi connectivity index (χ4n) is 2.92. The van der Waals surface area contributed by atoms with Crippen LogP contribution < -0.4 is 16.0 Å². The van der Waals surface area contributed by atoms with Crippen LogP contribution in [0.4, 0.5) is 11.4 Å². The Morgan fingerprint density at radius 2 is 1.50 bits per heavy atom. The highest BCUT2D eigenvalue weighted by Gasteiger charge is 2.16. The van der Waals surface area contributed by atoms with Crippen molar-refractivity contribution in [2.45, 2.75) is 26.8 Å². The first kappa shape index (κ1) is 23.4. The SMILES string of the molecule is CCN(CC(=O)Nc1ccc(NC(C)=O)cc1)CC(=O)NC(C)c1ccccc1Cl. The Bertz CT molecular complexity index is 886. The van der Waals surface area contributed by atoms with Crippen LogP contribution in [0.15, 0.2) is 48.5 Å². The van der Waals surface area contributed by atoms with Crippen LogP contribution in [0, 0.1) is 0 Å². The van der Waals surface area contributed by atoms with Gasteiger partial charge in [0.05, 0.1) is 19.1 Å². The van der Waals surface area contributed by atoms with E-state index < -0.39 is 0 Å². The third kappa shape index (κ3) is 7.50. The molecule has 0 saturated heterocycles. The quantitative estimate of drug-likeness (QED) is 0.568. The lowest BCUT2D eigenvalue weighted by atomic mass is 10.1. The van der Waals surface area contributed by atoms with Crippen LogP contribution in [0.1, 0.15) is 32.4 Å². The molecule has 0 aliphatic heterocycles. The smallest absolute Gasteiger partial charge is 0.238 e. The molecule has 0 aliphatic carbocycles. The summed E-state index contributed by atoms with van der Waals surface area (Å²) in [6, 6.07) is 14.0. The first-order valence-electron chi connectivity index (χ1n) is 9.72. The van der Waals surface area contributed by atoms with Crippen molar-refractivity contribution in [2.75, 3.05) is 30.3 Å². The molecule has 160 valence electrons. The first-order chi connectivity index (χ1) is 14.3. The monoisotopic (exact) mass is 430 g/mol. The molecule has 1 unspecified atom stereocenters. The summed E-state index contributed by atoms with van der Waals surface area (Å²) >= 11 is 6.18. The van der Waals surface area contributed by atoms with E-state index in [1.165, 1.54) is 6.92 Å². The number of nitrogens with zero attached hydrogens (tertiary/aromatic N) is 1. The van der Waals surface area contributed by atoms with Crippen molar-refractivity contribution in [3.05, 3.63) is 59.1 Å². The van der Waals surface area contributed by atoms with Gasteiger partial charge in [-0.05, 0) is 49.4 Å². The summed E-state index contributed by atoms with van der Waals surface area (Å²) in [4.78, 5) is 37.6. The maximum absolute atomic E-state index is 12.4. The maximum Gasteiger partial charge on any atom is 0.238 e. The van der Waals surface area contributed by atoms with Crippen molar-refractivity contribution < 1.29 is 14.4 Å². The molecule has 0 radical (unpaired) electrons. The van der Waals surface area contributed by atoms with Gasteiger partial charge in [0.2, 0.25) is 17.7 Å². The zero-order valence-corrected chi connectivity index (χ0v) is 18.1. The van der Waals surface area contributed by atoms with Crippen LogP contribution in [-0.4, -0.2) is 42.3 Å². The molecule has 30 heavy (non-hydrogen) atoms. The Morgan fingerprint density at radius 1 is 0.933 bits per heavy atom. The summed E-state index contributed by atoms with van der Waals surface area (Å²) in [7, 11) is 0. The number of rotatable bonds is 9. The van der Waals surface area contributed by atoms with Crippen LogP contribution in [0.5, 0.6) is 0 Å². The van der Waals surface area contributed by atoms with Gasteiger partial charge in [-0.25, -0.2) is 0 Å². The van der Waals surface area contributed by atoms with Crippen molar-refractivity contribution in [2.24, 2.45) is 0 Å². The van der Waals surface area contributed by atoms with E-state index in [2.05, 4.69) is 16.0 Å². The number of anilines is 2. The Kier molecular flexibility index (Phi) is 8.83. The number of halogens is 1. The lowest BCUT2D eigenvalue weighted by molar-refractivity contribution is -0.124. The van der Waals surface area contributed by atoms with Crippen LogP contribution >= 0.6 is 11.6 Å². The molecule has 3 amide bonds. The molecule has 7 nitrogen and oxygen atoms in total. The molecule has 3 N–H and O–H groups in total. The van der Waals surface area contributed by atoms with Crippen molar-refractivity contribution in [3.8, 4) is 0 Å². The second kappa shape index (κ2) is 11.3. The van der Waals surface area contributed by atoms with Gasteiger partial charge in [0, 0.05) is 23.3 Å². The van der Waals surface area contributed by atoms with E-state index >= 15 is 0 Å². The van der Waals surface area contributed by atoms with E-state index in [0.717, 1.165) is 5.56 Å². The second-order valence-electron chi connectivity index (χ2n) is 6.92. The third-order valence-electron chi connectivity index (χ3n) is 4.42. The van der Waals surface area contributed by atoms with E-state index in [4.69, 9.17) is 11.6 Å². The Labute approximate surface area is 181 Å². The highest BCUT2D eigenvalue weighted by atomic mass is 35.5. The molecule has 2 aromatic carbocycles. The van der Waals surface area contributed by atoms with Crippen molar-refractivity contribution >= 4 is 40.7 Å². The highest BCUT2D eigenvalue weighted by Crippen LogP contribution is 2.22. The minimum Gasteiger partial charge on any atom is -0.348 e. The van der Waals surface area contributed by atoms with Gasteiger partial charge in [-0.3, -0.25) is 19.3 Å². The molecule has 0 spiro atoms. The summed E-state index contributed by atoms with van der Waals surface area (Å²) in [5.41, 5.74) is 2.11. The minimum atomic E-state index is -0.235. The summed E-state index contributed by atoms with van der Waals surface area (Å²) in [6.45, 7) is 5.91. The Morgan fingerprint density at radius 3 is 2.07 bits per heavy atom. The van der Waals surface area contributed by atoms with E-state index in [1.54, 1.807) is 35.2 Å². The number of amides is 3. The van der Waals surface area contributed by atoms with E-state index in [-0.39, 0.29) is 36.9 Å². The molecule has 0 aromatic heterocycles. The lowest BCUT2D eigenvalue weighted by Crippen LogP contribution is -2.41. The fourth-order valence-corrected chi connectivity index (χ4v) is 3.22.